The van der Waals surface area contributed by atoms with E-state index in [4.69, 9.17) is 10.5 Å². The Hall–Kier alpha value is -2.69. The van der Waals surface area contributed by atoms with E-state index in [-0.39, 0.29) is 18.6 Å². The summed E-state index contributed by atoms with van der Waals surface area (Å²) in [4.78, 5) is 14.8. The largest absolute Gasteiger partial charge is 0.486 e. The van der Waals surface area contributed by atoms with E-state index in [0.29, 0.717) is 18.2 Å². The van der Waals surface area contributed by atoms with E-state index in [9.17, 15) is 4.79 Å². The summed E-state index contributed by atoms with van der Waals surface area (Å²) < 4.78 is 5.99. The van der Waals surface area contributed by atoms with Crippen LogP contribution in [0, 0.1) is 0 Å². The quantitative estimate of drug-likeness (QED) is 0.797. The van der Waals surface area contributed by atoms with Crippen molar-refractivity contribution in [1.82, 2.24) is 0 Å². The number of carbonyl (C=O) groups excluding carboxylic acids is 1. The zero-order chi connectivity index (χ0) is 18.7. The summed E-state index contributed by atoms with van der Waals surface area (Å²) in [6.07, 6.45) is 0.933. The van der Waals surface area contributed by atoms with Crippen molar-refractivity contribution in [3.63, 3.8) is 0 Å². The summed E-state index contributed by atoms with van der Waals surface area (Å²) in [5.74, 6) is 1.07. The minimum Gasteiger partial charge on any atom is -0.486 e. The number of carbonyl (C=O) groups is 1. The highest BCUT2D eigenvalue weighted by molar-refractivity contribution is 5.95. The molecule has 0 spiro atoms. The average Bonchev–Trinajstić information content (AvgIpc) is 2.61. The summed E-state index contributed by atoms with van der Waals surface area (Å²) >= 11 is 0. The molecule has 0 saturated heterocycles. The van der Waals surface area contributed by atoms with Gasteiger partial charge in [0.05, 0.1) is 18.8 Å². The van der Waals surface area contributed by atoms with Crippen molar-refractivity contribution in [2.24, 2.45) is 0 Å². The molecule has 3 rings (SSSR count). The number of ether oxygens (including phenoxy) is 1. The van der Waals surface area contributed by atoms with Crippen molar-refractivity contribution in [2.75, 3.05) is 29.0 Å². The van der Waals surface area contributed by atoms with Crippen molar-refractivity contribution in [3.05, 3.63) is 48.0 Å². The molecule has 3 N–H and O–H groups in total. The Kier molecular flexibility index (Phi) is 5.35. The van der Waals surface area contributed by atoms with Crippen LogP contribution in [0.15, 0.2) is 42.5 Å². The number of benzene rings is 2. The number of rotatable bonds is 5. The van der Waals surface area contributed by atoms with Crippen LogP contribution < -0.4 is 20.7 Å². The third-order valence-corrected chi connectivity index (χ3v) is 4.69. The van der Waals surface area contributed by atoms with Crippen molar-refractivity contribution in [3.8, 4) is 5.75 Å². The predicted molar refractivity (Wildman–Crippen MR) is 107 cm³/mol. The first-order valence-electron chi connectivity index (χ1n) is 9.17. The lowest BCUT2D eigenvalue weighted by molar-refractivity contribution is -0.115. The smallest absolute Gasteiger partial charge is 0.243 e. The van der Waals surface area contributed by atoms with Gasteiger partial charge in [-0.1, -0.05) is 39.0 Å². The monoisotopic (exact) mass is 353 g/mol. The van der Waals surface area contributed by atoms with Crippen LogP contribution in [0.1, 0.15) is 38.7 Å². The van der Waals surface area contributed by atoms with E-state index in [0.717, 1.165) is 29.1 Å². The highest BCUT2D eigenvalue weighted by atomic mass is 16.5. The summed E-state index contributed by atoms with van der Waals surface area (Å²) in [6.45, 7) is 7.30. The number of amides is 1. The maximum atomic E-state index is 12.7. The number of nitrogens with one attached hydrogen (secondary N) is 1. The molecular weight excluding hydrogens is 326 g/mol. The van der Waals surface area contributed by atoms with E-state index in [1.807, 2.05) is 36.4 Å². The van der Waals surface area contributed by atoms with Crippen LogP contribution >= 0.6 is 0 Å². The van der Waals surface area contributed by atoms with Gasteiger partial charge in [-0.2, -0.15) is 0 Å². The van der Waals surface area contributed by atoms with Crippen molar-refractivity contribution < 1.29 is 9.53 Å². The second kappa shape index (κ2) is 7.68. The first kappa shape index (κ1) is 18.1. The molecule has 2 aromatic rings. The maximum Gasteiger partial charge on any atom is 0.243 e. The van der Waals surface area contributed by atoms with Crippen LogP contribution in [0.25, 0.3) is 0 Å². The molecule has 2 aromatic carbocycles. The van der Waals surface area contributed by atoms with E-state index in [1.54, 1.807) is 0 Å². The molecule has 1 aliphatic rings. The minimum atomic E-state index is -0.0300. The number of para-hydroxylation sites is 1. The van der Waals surface area contributed by atoms with Gasteiger partial charge in [-0.3, -0.25) is 4.79 Å². The molecule has 5 nitrogen and oxygen atoms in total. The number of nitrogen functional groups attached to an aromatic ring is 1. The van der Waals surface area contributed by atoms with Crippen LogP contribution in [-0.4, -0.2) is 25.1 Å². The number of fused-ring (bicyclic) bond motifs is 1. The van der Waals surface area contributed by atoms with Crippen molar-refractivity contribution >= 4 is 23.0 Å². The van der Waals surface area contributed by atoms with E-state index in [1.165, 1.54) is 0 Å². The lowest BCUT2D eigenvalue weighted by Crippen LogP contribution is -2.43. The van der Waals surface area contributed by atoms with E-state index < -0.39 is 0 Å². The fourth-order valence-electron chi connectivity index (χ4n) is 3.29. The Bertz CT molecular complexity index is 789. The second-order valence-electron chi connectivity index (χ2n) is 7.05. The molecular formula is C21H27N3O2. The third-order valence-electron chi connectivity index (χ3n) is 4.69. The molecule has 1 unspecified atom stereocenters. The van der Waals surface area contributed by atoms with Gasteiger partial charge in [-0.25, -0.2) is 0 Å². The van der Waals surface area contributed by atoms with Gasteiger partial charge in [0, 0.05) is 17.4 Å². The van der Waals surface area contributed by atoms with E-state index in [2.05, 4.69) is 37.1 Å². The van der Waals surface area contributed by atoms with Gasteiger partial charge in [0.1, 0.15) is 11.9 Å². The van der Waals surface area contributed by atoms with Gasteiger partial charge in [0.15, 0.2) is 0 Å². The summed E-state index contributed by atoms with van der Waals surface area (Å²) in [6, 6.07) is 13.5. The molecule has 5 heteroatoms. The van der Waals surface area contributed by atoms with Crippen LogP contribution in [-0.2, 0) is 4.79 Å². The molecule has 1 aliphatic heterocycles. The summed E-state index contributed by atoms with van der Waals surface area (Å²) in [7, 11) is 0. The van der Waals surface area contributed by atoms with Gasteiger partial charge in [-0.15, -0.1) is 0 Å². The van der Waals surface area contributed by atoms with Gasteiger partial charge in [0.25, 0.3) is 0 Å². The predicted octanol–water partition coefficient (Wildman–Crippen LogP) is 4.01. The number of hydrogen-bond acceptors (Lipinski definition) is 4. The third kappa shape index (κ3) is 3.93. The number of hydrogen-bond donors (Lipinski definition) is 2. The normalized spacial score (nSPS) is 16.2. The first-order valence-corrected chi connectivity index (χ1v) is 9.17. The minimum absolute atomic E-state index is 0.0300. The first-order chi connectivity index (χ1) is 12.5. The van der Waals surface area contributed by atoms with Crippen LogP contribution in [0.3, 0.4) is 0 Å². The fraction of sp³-hybridized carbons (Fsp3) is 0.381. The highest BCUT2D eigenvalue weighted by Gasteiger charge is 2.26. The van der Waals surface area contributed by atoms with Gasteiger partial charge >= 0.3 is 0 Å². The molecule has 1 amide bonds. The summed E-state index contributed by atoms with van der Waals surface area (Å²) in [5, 5.41) is 3.07. The molecule has 1 atom stereocenters. The zero-order valence-corrected chi connectivity index (χ0v) is 15.7. The Labute approximate surface area is 155 Å². The maximum absolute atomic E-state index is 12.7. The Morgan fingerprint density at radius 2 is 2.08 bits per heavy atom. The van der Waals surface area contributed by atoms with Gasteiger partial charge in [-0.05, 0) is 36.1 Å². The molecule has 0 fully saturated rings. The molecule has 0 radical (unpaired) electrons. The molecule has 138 valence electrons. The Morgan fingerprint density at radius 1 is 1.31 bits per heavy atom. The molecule has 0 bridgehead atoms. The lowest BCUT2D eigenvalue weighted by Gasteiger charge is -2.35. The molecule has 0 saturated carbocycles. The lowest BCUT2D eigenvalue weighted by atomic mass is 10.0. The van der Waals surface area contributed by atoms with Gasteiger partial charge < -0.3 is 20.7 Å². The van der Waals surface area contributed by atoms with Crippen molar-refractivity contribution in [2.45, 2.75) is 39.2 Å². The topological polar surface area (TPSA) is 67.6 Å². The fourth-order valence-corrected chi connectivity index (χ4v) is 3.29. The van der Waals surface area contributed by atoms with Crippen molar-refractivity contribution in [1.29, 1.82) is 0 Å². The number of nitrogens with zero attached hydrogens (tertiary/aromatic N) is 1. The SMILES string of the molecule is CCC1CN(CC(=O)Nc2ccccc2C(C)C)c2ccc(N)cc2O1. The zero-order valence-electron chi connectivity index (χ0n) is 15.7. The molecule has 1 heterocycles. The molecule has 0 aromatic heterocycles. The number of anilines is 3. The average molecular weight is 353 g/mol. The Balaban J connectivity index is 1.77. The summed E-state index contributed by atoms with van der Waals surface area (Å²) in [5.41, 5.74) is 9.48. The molecule has 26 heavy (non-hydrogen) atoms. The highest BCUT2D eigenvalue weighted by Crippen LogP contribution is 2.35. The van der Waals surface area contributed by atoms with Crippen LogP contribution in [0.5, 0.6) is 5.75 Å². The van der Waals surface area contributed by atoms with Crippen LogP contribution in [0.2, 0.25) is 0 Å². The Morgan fingerprint density at radius 3 is 2.81 bits per heavy atom. The van der Waals surface area contributed by atoms with E-state index >= 15 is 0 Å². The van der Waals surface area contributed by atoms with Crippen LogP contribution in [0.4, 0.5) is 17.1 Å². The standard InChI is InChI=1S/C21H27N3O2/c1-4-16-12-24(19-10-9-15(22)11-20(19)26-16)13-21(25)23-18-8-6-5-7-17(18)14(2)3/h5-11,14,16H,4,12-13,22H2,1-3H3,(H,23,25). The van der Waals surface area contributed by atoms with Gasteiger partial charge in [0.2, 0.25) is 5.91 Å². The second-order valence-corrected chi connectivity index (χ2v) is 7.05. The molecule has 0 aliphatic carbocycles. The number of nitrogens with two attached hydrogens (primary N) is 1.